The van der Waals surface area contributed by atoms with Crippen LogP contribution in [-0.2, 0) is 51.8 Å². The van der Waals surface area contributed by atoms with Crippen LogP contribution >= 0.6 is 9.64 Å². The van der Waals surface area contributed by atoms with Crippen molar-refractivity contribution in [2.24, 2.45) is 0 Å². The summed E-state index contributed by atoms with van der Waals surface area (Å²) in [7, 11) is 8.64. The molecule has 0 N–H and O–H groups in total. The Morgan fingerprint density at radius 2 is 0.940 bits per heavy atom. The van der Waals surface area contributed by atoms with Gasteiger partial charge in [0.05, 0.1) is 41.5 Å². The van der Waals surface area contributed by atoms with Crippen LogP contribution in [0.15, 0.2) is 166 Å². The Kier molecular flexibility index (Phi) is 23.9. The van der Waals surface area contributed by atoms with Crippen molar-refractivity contribution in [3.05, 3.63) is 212 Å². The summed E-state index contributed by atoms with van der Waals surface area (Å²) in [5.74, 6) is 1.53. The molecule has 12 heteroatoms. The van der Waals surface area contributed by atoms with Crippen molar-refractivity contribution >= 4 is 9.64 Å². The summed E-state index contributed by atoms with van der Waals surface area (Å²) in [5, 5.41) is 0. The first-order chi connectivity index (χ1) is 32.2. The number of pyridine rings is 7. The van der Waals surface area contributed by atoms with E-state index in [0.717, 1.165) is 68.0 Å². The molecular formula is C55H64ClN9OsW+. The number of nitrogens with zero attached hydrogens (tertiary/aromatic N) is 9. The monoisotopic (exact) mass is 1260 g/mol. The van der Waals surface area contributed by atoms with E-state index >= 15 is 0 Å². The van der Waals surface area contributed by atoms with Crippen molar-refractivity contribution in [2.75, 3.05) is 0 Å². The van der Waals surface area contributed by atoms with E-state index in [0.29, 0.717) is 17.8 Å². The van der Waals surface area contributed by atoms with Crippen LogP contribution in [0.3, 0.4) is 0 Å². The standard InChI is InChI=1S/C31H40N5.2C12H12N2.ClH.Os.W/c1-4-26(29-9-18-34(3)19-10-29)23-31(28-7-13-32-14-8-28)24-27(5-2)30-11-20-35(21-12-30)16-6-17-36-22-15-33-25-36;2*1-9-3-5-13-11(7-9)12-8-10(2)4-6-14-12;;;/h7-15,18-22,25-27,31H,3-6,16-17,23-24H2,1-2H3;2*3-8H,1-2H3;1H;;/q+1;;;;+1;/p-1. The van der Waals surface area contributed by atoms with Crippen molar-refractivity contribution in [3.63, 3.8) is 0 Å². The molecule has 0 saturated heterocycles. The first-order valence-corrected chi connectivity index (χ1v) is 25.8. The van der Waals surface area contributed by atoms with E-state index in [2.05, 4.69) is 158 Å². The molecule has 0 saturated carbocycles. The van der Waals surface area contributed by atoms with E-state index in [1.165, 1.54) is 56.5 Å². The van der Waals surface area contributed by atoms with Crippen LogP contribution in [0.1, 0.15) is 103 Å². The van der Waals surface area contributed by atoms with E-state index in [-0.39, 0.29) is 21.1 Å². The molecule has 0 amide bonds. The van der Waals surface area contributed by atoms with Crippen molar-refractivity contribution in [3.8, 4) is 22.8 Å². The topological polar surface area (TPSA) is 90.0 Å². The Hall–Kier alpha value is -5.26. The molecule has 0 spiro atoms. The molecule has 3 atom stereocenters. The van der Waals surface area contributed by atoms with Crippen LogP contribution in [0.25, 0.3) is 22.8 Å². The Bertz CT molecular complexity index is 2420. The quantitative estimate of drug-likeness (QED) is 0.0750. The molecule has 349 valence electrons. The minimum atomic E-state index is 0. The minimum absolute atomic E-state index is 0. The largest absolute Gasteiger partial charge is 0 e. The second-order valence-corrected chi connectivity index (χ2v) is 16.7. The number of rotatable bonds is 15. The zero-order valence-corrected chi connectivity index (χ0v) is 45.9. The molecule has 0 aromatic carbocycles. The fourth-order valence-corrected chi connectivity index (χ4v) is 7.96. The molecule has 8 heterocycles. The second kappa shape index (κ2) is 29.5. The molecule has 0 aliphatic rings. The van der Waals surface area contributed by atoms with Gasteiger partial charge >= 0.3 is 27.2 Å². The maximum absolute atomic E-state index is 4.67. The van der Waals surface area contributed by atoms with Crippen LogP contribution < -0.4 is 9.13 Å². The van der Waals surface area contributed by atoms with Gasteiger partial charge in [-0.1, -0.05) is 31.5 Å². The molecule has 8 rings (SSSR count). The fourth-order valence-electron chi connectivity index (χ4n) is 7.96. The molecule has 9 nitrogen and oxygen atoms in total. The number of hydrogen-bond acceptors (Lipinski definition) is 6. The smallest absolute Gasteiger partial charge is 0 e. The molecule has 8 aromatic rings. The number of halogens is 1. The summed E-state index contributed by atoms with van der Waals surface area (Å²) in [6.45, 7) is 14.9. The maximum Gasteiger partial charge on any atom is 0 e. The summed E-state index contributed by atoms with van der Waals surface area (Å²) < 4.78 is 6.30. The van der Waals surface area contributed by atoms with E-state index < -0.39 is 0 Å². The Morgan fingerprint density at radius 3 is 1.31 bits per heavy atom. The van der Waals surface area contributed by atoms with Gasteiger partial charge in [0, 0.05) is 103 Å². The third-order valence-corrected chi connectivity index (χ3v) is 11.7. The second-order valence-electron chi connectivity index (χ2n) is 16.7. The Labute approximate surface area is 427 Å². The normalized spacial score (nSPS) is 11.8. The first-order valence-electron chi connectivity index (χ1n) is 22.7. The zero-order valence-electron chi connectivity index (χ0n) is 39.6. The number of imidazole rings is 1. The summed E-state index contributed by atoms with van der Waals surface area (Å²) in [6, 6.07) is 29.6. The Balaban J connectivity index is 0.000000258. The molecule has 67 heavy (non-hydrogen) atoms. The average Bonchev–Trinajstić information content (AvgIpc) is 3.87. The maximum atomic E-state index is 4.67. The van der Waals surface area contributed by atoms with Gasteiger partial charge in [-0.15, -0.1) is 0 Å². The first kappa shape index (κ1) is 54.4. The molecule has 8 aromatic heterocycles. The fraction of sp³-hybridized carbons (Fsp3) is 0.291. The predicted molar refractivity (Wildman–Crippen MR) is 263 cm³/mol. The van der Waals surface area contributed by atoms with Gasteiger partial charge in [-0.25, -0.2) is 9.55 Å². The number of hydrogen-bond donors (Lipinski definition) is 0. The summed E-state index contributed by atoms with van der Waals surface area (Å²) in [6.07, 6.45) is 31.1. The zero-order chi connectivity index (χ0) is 47.1. The van der Waals surface area contributed by atoms with E-state index in [1.54, 1.807) is 0 Å². The molecule has 0 bridgehead atoms. The van der Waals surface area contributed by atoms with Crippen LogP contribution in [0.4, 0.5) is 0 Å². The van der Waals surface area contributed by atoms with Crippen molar-refractivity contribution in [1.29, 1.82) is 0 Å². The third kappa shape index (κ3) is 18.1. The van der Waals surface area contributed by atoms with Gasteiger partial charge in [-0.3, -0.25) is 24.9 Å². The van der Waals surface area contributed by atoms with Gasteiger partial charge in [-0.05, 0) is 165 Å². The van der Waals surface area contributed by atoms with Crippen LogP contribution in [0, 0.1) is 34.7 Å². The number of aryl methyl sites for hydroxylation is 6. The van der Waals surface area contributed by atoms with Crippen molar-refractivity contribution in [2.45, 2.75) is 104 Å². The average molecular weight is 1260 g/mol. The van der Waals surface area contributed by atoms with Crippen LogP contribution in [0.5, 0.6) is 0 Å². The van der Waals surface area contributed by atoms with E-state index in [1.807, 2.05) is 109 Å². The van der Waals surface area contributed by atoms with E-state index in [9.17, 15) is 0 Å². The molecule has 0 aliphatic carbocycles. The molecule has 0 aliphatic heterocycles. The Morgan fingerprint density at radius 1 is 0.537 bits per heavy atom. The molecule has 0 fully saturated rings. The van der Waals surface area contributed by atoms with E-state index in [4.69, 9.17) is 0 Å². The molecule has 3 unspecified atom stereocenters. The van der Waals surface area contributed by atoms with Crippen molar-refractivity contribution < 1.29 is 47.8 Å². The van der Waals surface area contributed by atoms with Crippen LogP contribution in [0.2, 0.25) is 0 Å². The SMILES string of the molecule is Cc1ccnc(-c2cc(C)ccn2)c1.Cc1ccnc(-c2cc(C)ccn2)c1.[CH2-][n+]1ccc(C(CC)CC(CC(CC)c2cc[n+](CCCn3ccnc3)cc2)c2ccncc2)cc1.[Cl][Os].[W]. The van der Waals surface area contributed by atoms with Gasteiger partial charge in [0.2, 0.25) is 0 Å². The predicted octanol–water partition coefficient (Wildman–Crippen LogP) is 12.0. The number of aromatic nitrogens is 9. The van der Waals surface area contributed by atoms with Crippen molar-refractivity contribution in [1.82, 2.24) is 34.5 Å². The van der Waals surface area contributed by atoms with Gasteiger partial charge in [-0.2, -0.15) is 0 Å². The third-order valence-electron chi connectivity index (χ3n) is 11.7. The van der Waals surface area contributed by atoms with Gasteiger partial charge in [0.25, 0.3) is 0 Å². The summed E-state index contributed by atoms with van der Waals surface area (Å²) in [5.41, 5.74) is 12.8. The van der Waals surface area contributed by atoms with Gasteiger partial charge in [0.15, 0.2) is 12.4 Å². The molecule has 0 radical (unpaired) electrons. The minimum Gasteiger partial charge on any atom is 0 e. The molecular weight excluding hydrogens is 1200 g/mol. The summed E-state index contributed by atoms with van der Waals surface area (Å²) in [4.78, 5) is 25.6. The summed E-state index contributed by atoms with van der Waals surface area (Å²) >= 11 is 1.33. The van der Waals surface area contributed by atoms with Gasteiger partial charge in [0.1, 0.15) is 6.54 Å². The van der Waals surface area contributed by atoms with Crippen LogP contribution in [-0.4, -0.2) is 34.5 Å². The van der Waals surface area contributed by atoms with Gasteiger partial charge < -0.3 is 9.13 Å².